The Kier molecular flexibility index (Phi) is 8.43. The fraction of sp³-hybridized carbons (Fsp3) is 0.231. The lowest BCUT2D eigenvalue weighted by molar-refractivity contribution is -0.119. The Bertz CT molecular complexity index is 1220. The minimum atomic E-state index is -3.95. The summed E-state index contributed by atoms with van der Waals surface area (Å²) in [7, 11) is -3.95. The third kappa shape index (κ3) is 6.02. The molecule has 0 saturated heterocycles. The number of nitrogens with one attached hydrogen (secondary N) is 1. The number of amides is 1. The molecule has 178 valence electrons. The van der Waals surface area contributed by atoms with Crippen molar-refractivity contribution in [1.82, 2.24) is 5.43 Å². The molecule has 0 atom stereocenters. The summed E-state index contributed by atoms with van der Waals surface area (Å²) in [4.78, 5) is 15.0. The smallest absolute Gasteiger partial charge is 0.264 e. The second kappa shape index (κ2) is 11.5. The predicted molar refractivity (Wildman–Crippen MR) is 138 cm³/mol. The van der Waals surface area contributed by atoms with E-state index in [1.165, 1.54) is 18.3 Å². The van der Waals surface area contributed by atoms with E-state index in [4.69, 9.17) is 0 Å². The zero-order valence-corrected chi connectivity index (χ0v) is 20.5. The van der Waals surface area contributed by atoms with E-state index < -0.39 is 22.5 Å². The van der Waals surface area contributed by atoms with E-state index in [2.05, 4.69) is 29.3 Å². The van der Waals surface area contributed by atoms with Gasteiger partial charge in [0.25, 0.3) is 15.9 Å². The van der Waals surface area contributed by atoms with Gasteiger partial charge in [-0.15, -0.1) is 0 Å². The van der Waals surface area contributed by atoms with Crippen LogP contribution in [-0.4, -0.2) is 40.2 Å². The molecular formula is C26H30N4O3S. The summed E-state index contributed by atoms with van der Waals surface area (Å²) in [5.74, 6) is -0.543. The Morgan fingerprint density at radius 1 is 0.912 bits per heavy atom. The number of para-hydroxylation sites is 1. The van der Waals surface area contributed by atoms with Gasteiger partial charge in [0.05, 0.1) is 16.8 Å². The number of aryl methyl sites for hydroxylation is 1. The molecule has 3 aromatic carbocycles. The first kappa shape index (κ1) is 25.0. The van der Waals surface area contributed by atoms with Crippen molar-refractivity contribution in [2.45, 2.75) is 25.7 Å². The van der Waals surface area contributed by atoms with Gasteiger partial charge in [0, 0.05) is 18.8 Å². The monoisotopic (exact) mass is 478 g/mol. The molecular weight excluding hydrogens is 448 g/mol. The quantitative estimate of drug-likeness (QED) is 0.350. The molecule has 0 radical (unpaired) electrons. The van der Waals surface area contributed by atoms with Gasteiger partial charge in [0.15, 0.2) is 0 Å². The Morgan fingerprint density at radius 3 is 2.15 bits per heavy atom. The number of rotatable bonds is 10. The molecule has 0 fully saturated rings. The van der Waals surface area contributed by atoms with E-state index in [0.717, 1.165) is 34.2 Å². The van der Waals surface area contributed by atoms with Crippen LogP contribution in [-0.2, 0) is 14.8 Å². The first-order chi connectivity index (χ1) is 16.4. The van der Waals surface area contributed by atoms with Crippen LogP contribution in [0, 0.1) is 6.92 Å². The molecule has 0 unspecified atom stereocenters. The zero-order valence-electron chi connectivity index (χ0n) is 19.7. The number of nitrogens with zero attached hydrogens (tertiary/aromatic N) is 3. The van der Waals surface area contributed by atoms with Crippen molar-refractivity contribution in [2.24, 2.45) is 5.10 Å². The average Bonchev–Trinajstić information content (AvgIpc) is 2.85. The number of anilines is 2. The minimum Gasteiger partial charge on any atom is -0.372 e. The number of sulfonamides is 1. The topological polar surface area (TPSA) is 82.1 Å². The average molecular weight is 479 g/mol. The molecule has 0 heterocycles. The second-order valence-electron chi connectivity index (χ2n) is 7.67. The molecule has 0 aliphatic rings. The van der Waals surface area contributed by atoms with Crippen molar-refractivity contribution in [2.75, 3.05) is 28.8 Å². The third-order valence-electron chi connectivity index (χ3n) is 5.43. The van der Waals surface area contributed by atoms with Crippen LogP contribution in [0.5, 0.6) is 0 Å². The maximum Gasteiger partial charge on any atom is 0.264 e. The molecule has 0 spiro atoms. The van der Waals surface area contributed by atoms with E-state index >= 15 is 0 Å². The molecule has 1 N–H and O–H groups in total. The Balaban J connectivity index is 1.76. The van der Waals surface area contributed by atoms with Crippen LogP contribution >= 0.6 is 0 Å². The number of hydrazone groups is 1. The summed E-state index contributed by atoms with van der Waals surface area (Å²) in [5.41, 5.74) is 5.57. The van der Waals surface area contributed by atoms with Gasteiger partial charge in [-0.2, -0.15) is 5.10 Å². The molecule has 0 aliphatic heterocycles. The van der Waals surface area contributed by atoms with Crippen LogP contribution in [0.3, 0.4) is 0 Å². The van der Waals surface area contributed by atoms with E-state index in [1.54, 1.807) is 43.3 Å². The van der Waals surface area contributed by atoms with Crippen LogP contribution in [0.4, 0.5) is 11.4 Å². The van der Waals surface area contributed by atoms with Crippen LogP contribution in [0.15, 0.2) is 88.9 Å². The van der Waals surface area contributed by atoms with Gasteiger partial charge < -0.3 is 4.90 Å². The van der Waals surface area contributed by atoms with Gasteiger partial charge in [0.1, 0.15) is 6.54 Å². The molecule has 8 heteroatoms. The number of hydrogen-bond donors (Lipinski definition) is 1. The lowest BCUT2D eigenvalue weighted by Crippen LogP contribution is -2.40. The Morgan fingerprint density at radius 2 is 1.53 bits per heavy atom. The summed E-state index contributed by atoms with van der Waals surface area (Å²) in [6.45, 7) is 7.45. The molecule has 1 amide bonds. The summed E-state index contributed by atoms with van der Waals surface area (Å²) in [6, 6.07) is 23.0. The summed E-state index contributed by atoms with van der Waals surface area (Å²) in [5, 5.41) is 4.02. The first-order valence-corrected chi connectivity index (χ1v) is 12.6. The molecule has 0 saturated carbocycles. The van der Waals surface area contributed by atoms with Crippen molar-refractivity contribution in [3.05, 3.63) is 90.0 Å². The van der Waals surface area contributed by atoms with E-state index in [0.29, 0.717) is 5.69 Å². The molecule has 3 rings (SSSR count). The Hall–Kier alpha value is -3.65. The summed E-state index contributed by atoms with van der Waals surface area (Å²) >= 11 is 0. The highest BCUT2D eigenvalue weighted by Gasteiger charge is 2.27. The van der Waals surface area contributed by atoms with Gasteiger partial charge in [-0.3, -0.25) is 9.10 Å². The van der Waals surface area contributed by atoms with Crippen molar-refractivity contribution in [1.29, 1.82) is 0 Å². The van der Waals surface area contributed by atoms with Gasteiger partial charge in [0.2, 0.25) is 0 Å². The van der Waals surface area contributed by atoms with Crippen LogP contribution in [0.2, 0.25) is 0 Å². The molecule has 0 bridgehead atoms. The van der Waals surface area contributed by atoms with Crippen LogP contribution < -0.4 is 14.6 Å². The SMILES string of the molecule is CCN(CC)c1ccc(/C=N/NC(=O)CN(c2ccccc2C)S(=O)(=O)c2ccccc2)cc1. The van der Waals surface area contributed by atoms with Crippen LogP contribution in [0.25, 0.3) is 0 Å². The van der Waals surface area contributed by atoms with Crippen molar-refractivity contribution in [3.63, 3.8) is 0 Å². The lowest BCUT2D eigenvalue weighted by atomic mass is 10.2. The maximum absolute atomic E-state index is 13.4. The molecule has 34 heavy (non-hydrogen) atoms. The van der Waals surface area contributed by atoms with Gasteiger partial charge in [-0.1, -0.05) is 48.5 Å². The maximum atomic E-state index is 13.4. The highest BCUT2D eigenvalue weighted by molar-refractivity contribution is 7.92. The van der Waals surface area contributed by atoms with E-state index in [1.807, 2.05) is 30.3 Å². The minimum absolute atomic E-state index is 0.114. The molecule has 0 aromatic heterocycles. The lowest BCUT2D eigenvalue weighted by Gasteiger charge is -2.25. The Labute approximate surface area is 201 Å². The van der Waals surface area contributed by atoms with Crippen molar-refractivity contribution >= 4 is 33.5 Å². The van der Waals surface area contributed by atoms with Gasteiger partial charge >= 0.3 is 0 Å². The predicted octanol–water partition coefficient (Wildman–Crippen LogP) is 4.19. The van der Waals surface area contributed by atoms with Crippen LogP contribution in [0.1, 0.15) is 25.0 Å². The van der Waals surface area contributed by atoms with Crippen molar-refractivity contribution in [3.8, 4) is 0 Å². The number of benzene rings is 3. The molecule has 3 aromatic rings. The molecule has 7 nitrogen and oxygen atoms in total. The van der Waals surface area contributed by atoms with E-state index in [-0.39, 0.29) is 4.90 Å². The fourth-order valence-electron chi connectivity index (χ4n) is 3.57. The number of carbonyl (C=O) groups excluding carboxylic acids is 1. The zero-order chi connectivity index (χ0) is 24.6. The van der Waals surface area contributed by atoms with E-state index in [9.17, 15) is 13.2 Å². The first-order valence-electron chi connectivity index (χ1n) is 11.2. The van der Waals surface area contributed by atoms with Gasteiger partial charge in [-0.25, -0.2) is 13.8 Å². The summed E-state index contributed by atoms with van der Waals surface area (Å²) in [6.07, 6.45) is 1.54. The highest BCUT2D eigenvalue weighted by atomic mass is 32.2. The third-order valence-corrected chi connectivity index (χ3v) is 7.20. The largest absolute Gasteiger partial charge is 0.372 e. The van der Waals surface area contributed by atoms with Crippen molar-refractivity contribution < 1.29 is 13.2 Å². The summed E-state index contributed by atoms with van der Waals surface area (Å²) < 4.78 is 27.8. The number of hydrogen-bond acceptors (Lipinski definition) is 5. The number of carbonyl (C=O) groups is 1. The normalized spacial score (nSPS) is 11.4. The fourth-order valence-corrected chi connectivity index (χ4v) is 5.07. The second-order valence-corrected chi connectivity index (χ2v) is 9.53. The standard InChI is InChI=1S/C26H30N4O3S/c1-4-29(5-2)23-17-15-22(16-18-23)19-27-28-26(31)20-30(25-14-10-9-11-21(25)3)34(32,33)24-12-7-6-8-13-24/h6-19H,4-5,20H2,1-3H3,(H,28,31)/b27-19+. The van der Waals surface area contributed by atoms with Gasteiger partial charge in [-0.05, 0) is 62.2 Å². The highest BCUT2D eigenvalue weighted by Crippen LogP contribution is 2.26. The molecule has 0 aliphatic carbocycles.